The highest BCUT2D eigenvalue weighted by molar-refractivity contribution is 5.83. The predicted molar refractivity (Wildman–Crippen MR) is 84.7 cm³/mol. The molecule has 0 aromatic heterocycles. The number of nitrogens with two attached hydrogens (primary N) is 1. The Morgan fingerprint density at radius 3 is 2.50 bits per heavy atom. The number of nitrogen functional groups attached to an aromatic ring is 1. The highest BCUT2D eigenvalue weighted by Gasteiger charge is 2.21. The van der Waals surface area contributed by atoms with E-state index in [-0.39, 0.29) is 11.8 Å². The van der Waals surface area contributed by atoms with Crippen LogP contribution in [0.5, 0.6) is 0 Å². The maximum absolute atomic E-state index is 12.6. The Morgan fingerprint density at radius 2 is 1.95 bits per heavy atom. The summed E-state index contributed by atoms with van der Waals surface area (Å²) in [5, 5.41) is 0. The van der Waals surface area contributed by atoms with Crippen molar-refractivity contribution in [3.8, 4) is 0 Å². The van der Waals surface area contributed by atoms with Crippen LogP contribution in [0.3, 0.4) is 0 Å². The number of amides is 1. The van der Waals surface area contributed by atoms with Gasteiger partial charge in [-0.25, -0.2) is 0 Å². The van der Waals surface area contributed by atoms with Gasteiger partial charge in [0.2, 0.25) is 5.91 Å². The molecule has 0 radical (unpaired) electrons. The molecule has 0 fully saturated rings. The summed E-state index contributed by atoms with van der Waals surface area (Å²) >= 11 is 0. The zero-order chi connectivity index (χ0) is 15.1. The van der Waals surface area contributed by atoms with E-state index in [1.54, 1.807) is 0 Å². The van der Waals surface area contributed by atoms with E-state index >= 15 is 0 Å². The van der Waals surface area contributed by atoms with Crippen molar-refractivity contribution in [2.45, 2.75) is 26.2 Å². The van der Waals surface area contributed by atoms with Gasteiger partial charge in [-0.1, -0.05) is 19.1 Å². The van der Waals surface area contributed by atoms with E-state index in [0.29, 0.717) is 5.69 Å². The van der Waals surface area contributed by atoms with Gasteiger partial charge in [0, 0.05) is 25.3 Å². The standard InChI is InChI=1S/C16H27N3O/c1-5-9-19(11-10-18(3)4)16(20)13(2)14-7-6-8-15(17)12-14/h6-8,12-13H,5,9-11,17H2,1-4H3. The molecule has 0 aliphatic rings. The molecule has 2 N–H and O–H groups in total. The van der Waals surface area contributed by atoms with Gasteiger partial charge in [-0.3, -0.25) is 4.79 Å². The highest BCUT2D eigenvalue weighted by atomic mass is 16.2. The molecule has 1 amide bonds. The Kier molecular flexibility index (Phi) is 6.52. The molecule has 1 unspecified atom stereocenters. The van der Waals surface area contributed by atoms with E-state index in [1.165, 1.54) is 0 Å². The zero-order valence-electron chi connectivity index (χ0n) is 13.1. The predicted octanol–water partition coefficient (Wildman–Crippen LogP) is 2.17. The second-order valence-corrected chi connectivity index (χ2v) is 5.52. The number of nitrogens with zero attached hydrogens (tertiary/aromatic N) is 2. The maximum Gasteiger partial charge on any atom is 0.229 e. The van der Waals surface area contributed by atoms with Crippen molar-refractivity contribution in [2.24, 2.45) is 0 Å². The zero-order valence-corrected chi connectivity index (χ0v) is 13.1. The molecule has 0 aliphatic heterocycles. The van der Waals surface area contributed by atoms with Crippen molar-refractivity contribution in [1.82, 2.24) is 9.80 Å². The first-order valence-corrected chi connectivity index (χ1v) is 7.24. The molecule has 0 saturated heterocycles. The SMILES string of the molecule is CCCN(CCN(C)C)C(=O)C(C)c1cccc(N)c1. The van der Waals surface area contributed by atoms with Gasteiger partial charge >= 0.3 is 0 Å². The lowest BCUT2D eigenvalue weighted by Gasteiger charge is -2.27. The lowest BCUT2D eigenvalue weighted by Crippen LogP contribution is -2.39. The van der Waals surface area contributed by atoms with E-state index in [0.717, 1.165) is 31.6 Å². The second-order valence-electron chi connectivity index (χ2n) is 5.52. The molecule has 1 rings (SSSR count). The van der Waals surface area contributed by atoms with Gasteiger partial charge in [-0.15, -0.1) is 0 Å². The van der Waals surface area contributed by atoms with Crippen LogP contribution in [0.2, 0.25) is 0 Å². The number of carbonyl (C=O) groups is 1. The molecule has 1 aromatic carbocycles. The van der Waals surface area contributed by atoms with Crippen molar-refractivity contribution in [2.75, 3.05) is 39.5 Å². The number of anilines is 1. The fraction of sp³-hybridized carbons (Fsp3) is 0.562. The van der Waals surface area contributed by atoms with E-state index in [1.807, 2.05) is 50.2 Å². The van der Waals surface area contributed by atoms with E-state index in [2.05, 4.69) is 11.8 Å². The first-order valence-electron chi connectivity index (χ1n) is 7.24. The quantitative estimate of drug-likeness (QED) is 0.777. The third-order valence-corrected chi connectivity index (χ3v) is 3.40. The van der Waals surface area contributed by atoms with Crippen molar-refractivity contribution in [3.63, 3.8) is 0 Å². The summed E-state index contributed by atoms with van der Waals surface area (Å²) in [7, 11) is 4.05. The van der Waals surface area contributed by atoms with E-state index in [4.69, 9.17) is 5.73 Å². The van der Waals surface area contributed by atoms with Crippen molar-refractivity contribution >= 4 is 11.6 Å². The maximum atomic E-state index is 12.6. The molecule has 4 heteroatoms. The summed E-state index contributed by atoms with van der Waals surface area (Å²) in [5.74, 6) is 0.0338. The van der Waals surface area contributed by atoms with Crippen LogP contribution in [0.25, 0.3) is 0 Å². The summed E-state index contributed by atoms with van der Waals surface area (Å²) in [5.41, 5.74) is 7.49. The Morgan fingerprint density at radius 1 is 1.25 bits per heavy atom. The lowest BCUT2D eigenvalue weighted by molar-refractivity contribution is -0.132. The minimum Gasteiger partial charge on any atom is -0.399 e. The second kappa shape index (κ2) is 7.90. The van der Waals surface area contributed by atoms with Gasteiger partial charge in [0.05, 0.1) is 5.92 Å². The number of rotatable bonds is 7. The molecule has 112 valence electrons. The molecule has 0 spiro atoms. The molecule has 20 heavy (non-hydrogen) atoms. The number of carbonyl (C=O) groups excluding carboxylic acids is 1. The van der Waals surface area contributed by atoms with Crippen LogP contribution in [-0.2, 0) is 4.79 Å². The summed E-state index contributed by atoms with van der Waals surface area (Å²) in [6, 6.07) is 7.60. The van der Waals surface area contributed by atoms with Gasteiger partial charge in [-0.2, -0.15) is 0 Å². The van der Waals surface area contributed by atoms with Crippen LogP contribution < -0.4 is 5.73 Å². The minimum atomic E-state index is -0.146. The first kappa shape index (κ1) is 16.5. The van der Waals surface area contributed by atoms with Crippen molar-refractivity contribution in [1.29, 1.82) is 0 Å². The number of likely N-dealkylation sites (N-methyl/N-ethyl adjacent to an activating group) is 1. The molecule has 0 aliphatic carbocycles. The average Bonchev–Trinajstić information content (AvgIpc) is 2.41. The third-order valence-electron chi connectivity index (χ3n) is 3.40. The Labute approximate surface area is 122 Å². The minimum absolute atomic E-state index is 0.146. The van der Waals surface area contributed by atoms with Crippen LogP contribution in [0, 0.1) is 0 Å². The summed E-state index contributed by atoms with van der Waals surface area (Å²) in [6.07, 6.45) is 0.975. The molecule has 0 bridgehead atoms. The lowest BCUT2D eigenvalue weighted by atomic mass is 9.99. The van der Waals surface area contributed by atoms with Gasteiger partial charge in [0.25, 0.3) is 0 Å². The van der Waals surface area contributed by atoms with E-state index in [9.17, 15) is 4.79 Å². The van der Waals surface area contributed by atoms with Crippen LogP contribution >= 0.6 is 0 Å². The van der Waals surface area contributed by atoms with Crippen LogP contribution in [0.15, 0.2) is 24.3 Å². The normalized spacial score (nSPS) is 12.4. The topological polar surface area (TPSA) is 49.6 Å². The highest BCUT2D eigenvalue weighted by Crippen LogP contribution is 2.20. The molecular formula is C16H27N3O. The summed E-state index contributed by atoms with van der Waals surface area (Å²) in [4.78, 5) is 16.7. The molecule has 1 aromatic rings. The van der Waals surface area contributed by atoms with Crippen LogP contribution in [0.1, 0.15) is 31.7 Å². The van der Waals surface area contributed by atoms with Gasteiger partial charge < -0.3 is 15.5 Å². The number of hydrogen-bond donors (Lipinski definition) is 1. The number of hydrogen-bond acceptors (Lipinski definition) is 3. The number of benzene rings is 1. The Hall–Kier alpha value is -1.55. The monoisotopic (exact) mass is 277 g/mol. The molecule has 1 atom stereocenters. The van der Waals surface area contributed by atoms with Gasteiger partial charge in [-0.05, 0) is 45.1 Å². The Bertz CT molecular complexity index is 431. The first-order chi connectivity index (χ1) is 9.45. The molecular weight excluding hydrogens is 250 g/mol. The fourth-order valence-corrected chi connectivity index (χ4v) is 2.17. The molecule has 0 heterocycles. The molecule has 4 nitrogen and oxygen atoms in total. The third kappa shape index (κ3) is 4.85. The van der Waals surface area contributed by atoms with Crippen molar-refractivity contribution in [3.05, 3.63) is 29.8 Å². The largest absolute Gasteiger partial charge is 0.399 e. The van der Waals surface area contributed by atoms with E-state index < -0.39 is 0 Å². The summed E-state index contributed by atoms with van der Waals surface area (Å²) < 4.78 is 0. The van der Waals surface area contributed by atoms with Gasteiger partial charge in [0.1, 0.15) is 0 Å². The van der Waals surface area contributed by atoms with Crippen LogP contribution in [0.4, 0.5) is 5.69 Å². The van der Waals surface area contributed by atoms with Gasteiger partial charge in [0.15, 0.2) is 0 Å². The Balaban J connectivity index is 2.77. The molecule has 0 saturated carbocycles. The summed E-state index contributed by atoms with van der Waals surface area (Å²) in [6.45, 7) is 6.51. The average molecular weight is 277 g/mol. The van der Waals surface area contributed by atoms with Crippen molar-refractivity contribution < 1.29 is 4.79 Å². The fourth-order valence-electron chi connectivity index (χ4n) is 2.17. The smallest absolute Gasteiger partial charge is 0.229 e. The van der Waals surface area contributed by atoms with Crippen LogP contribution in [-0.4, -0.2) is 49.4 Å².